The predicted molar refractivity (Wildman–Crippen MR) is 157 cm³/mol. The van der Waals surface area contributed by atoms with Crippen LogP contribution in [-0.2, 0) is 35.1 Å². The quantitative estimate of drug-likeness (QED) is 0.207. The van der Waals surface area contributed by atoms with Crippen molar-refractivity contribution in [2.24, 2.45) is 5.92 Å². The van der Waals surface area contributed by atoms with Gasteiger partial charge in [0.1, 0.15) is 17.1 Å². The Hall–Kier alpha value is -4.87. The van der Waals surface area contributed by atoms with Crippen LogP contribution in [0.5, 0.6) is 11.5 Å². The van der Waals surface area contributed by atoms with E-state index < -0.39 is 29.4 Å². The van der Waals surface area contributed by atoms with E-state index in [-0.39, 0.29) is 23.7 Å². The van der Waals surface area contributed by atoms with Crippen LogP contribution in [-0.4, -0.2) is 32.8 Å². The Bertz CT molecular complexity index is 1650. The molecule has 12 heteroatoms. The lowest BCUT2D eigenvalue weighted by atomic mass is 9.83. The number of carbonyl (C=O) groups excluding carboxylic acids is 2. The Balaban J connectivity index is 1.27. The van der Waals surface area contributed by atoms with E-state index in [1.165, 1.54) is 6.07 Å². The first kappa shape index (κ1) is 30.6. The van der Waals surface area contributed by atoms with Crippen molar-refractivity contribution in [1.29, 1.82) is 0 Å². The molecule has 9 nitrogen and oxygen atoms in total. The molecular weight excluding hydrogens is 575 g/mol. The van der Waals surface area contributed by atoms with Crippen LogP contribution >= 0.6 is 0 Å². The summed E-state index contributed by atoms with van der Waals surface area (Å²) in [6.45, 7) is 4.84. The van der Waals surface area contributed by atoms with Crippen molar-refractivity contribution in [2.45, 2.75) is 58.4 Å². The monoisotopic (exact) mass is 607 g/mol. The Labute approximate surface area is 252 Å². The van der Waals surface area contributed by atoms with E-state index in [1.807, 2.05) is 18.2 Å². The Morgan fingerprint density at radius 3 is 2.55 bits per heavy atom. The Kier molecular flexibility index (Phi) is 8.61. The number of alkyl halides is 3. The van der Waals surface area contributed by atoms with Gasteiger partial charge in [0.2, 0.25) is 5.91 Å². The third-order valence-electron chi connectivity index (χ3n) is 6.96. The van der Waals surface area contributed by atoms with Gasteiger partial charge in [-0.15, -0.1) is 0 Å². The van der Waals surface area contributed by atoms with Gasteiger partial charge in [-0.1, -0.05) is 6.07 Å². The zero-order valence-electron chi connectivity index (χ0n) is 24.4. The van der Waals surface area contributed by atoms with E-state index in [0.29, 0.717) is 36.5 Å². The van der Waals surface area contributed by atoms with Crippen molar-refractivity contribution in [3.8, 4) is 22.8 Å². The summed E-state index contributed by atoms with van der Waals surface area (Å²) in [5, 5.41) is 11.8. The number of nitrogens with zero attached hydrogens (tertiary/aromatic N) is 2. The van der Waals surface area contributed by atoms with E-state index in [9.17, 15) is 22.8 Å². The minimum atomic E-state index is -4.64. The minimum absolute atomic E-state index is 0.000177. The fourth-order valence-corrected chi connectivity index (χ4v) is 4.94. The molecule has 2 amide bonds. The second-order valence-corrected chi connectivity index (χ2v) is 11.6. The van der Waals surface area contributed by atoms with Crippen LogP contribution in [0.3, 0.4) is 0 Å². The van der Waals surface area contributed by atoms with Crippen molar-refractivity contribution in [1.82, 2.24) is 20.5 Å². The van der Waals surface area contributed by atoms with Crippen molar-refractivity contribution < 1.29 is 32.2 Å². The van der Waals surface area contributed by atoms with Crippen LogP contribution in [0.15, 0.2) is 67.1 Å². The van der Waals surface area contributed by atoms with Crippen molar-refractivity contribution in [2.75, 3.05) is 5.32 Å². The summed E-state index contributed by atoms with van der Waals surface area (Å²) in [7, 11) is 0. The molecule has 3 N–H and O–H groups in total. The molecule has 0 spiro atoms. The number of halogens is 3. The maximum atomic E-state index is 13.7. The maximum absolute atomic E-state index is 13.7. The third-order valence-corrected chi connectivity index (χ3v) is 6.96. The number of aromatic amines is 1. The van der Waals surface area contributed by atoms with Gasteiger partial charge in [-0.05, 0) is 93.1 Å². The number of alkyl carbamates (subject to hydrolysis) is 1. The maximum Gasteiger partial charge on any atom is 0.416 e. The van der Waals surface area contributed by atoms with E-state index in [0.717, 1.165) is 28.8 Å². The SMILES string of the molecule is CC(C)(C)OC(=O)NCc1cc(NC(=O)C2CCc3ccc(Oc4ccnc(-c5cn[nH]c5)c4)cc3C2)cc(C(F)(F)F)c1. The van der Waals surface area contributed by atoms with Gasteiger partial charge in [0.05, 0.1) is 17.5 Å². The highest BCUT2D eigenvalue weighted by Crippen LogP contribution is 2.34. The lowest BCUT2D eigenvalue weighted by Crippen LogP contribution is -2.32. The lowest BCUT2D eigenvalue weighted by Gasteiger charge is -2.25. The van der Waals surface area contributed by atoms with Crippen LogP contribution in [0.2, 0.25) is 0 Å². The van der Waals surface area contributed by atoms with Crippen LogP contribution in [0.1, 0.15) is 49.4 Å². The van der Waals surface area contributed by atoms with Crippen molar-refractivity contribution >= 4 is 17.7 Å². The summed E-state index contributed by atoms with van der Waals surface area (Å²) in [4.78, 5) is 29.6. The number of carbonyl (C=O) groups is 2. The van der Waals surface area contributed by atoms with Gasteiger partial charge < -0.3 is 20.1 Å². The lowest BCUT2D eigenvalue weighted by molar-refractivity contribution is -0.137. The number of nitrogens with one attached hydrogen (secondary N) is 3. The number of benzene rings is 2. The number of fused-ring (bicyclic) bond motifs is 1. The molecular formula is C32H32F3N5O4. The molecule has 2 aromatic carbocycles. The van der Waals surface area contributed by atoms with Crippen LogP contribution in [0.4, 0.5) is 23.7 Å². The molecule has 1 aliphatic rings. The fraction of sp³-hybridized carbons (Fsp3) is 0.312. The number of pyridine rings is 1. The number of H-pyrrole nitrogens is 1. The van der Waals surface area contributed by atoms with Crippen molar-refractivity contribution in [3.63, 3.8) is 0 Å². The van der Waals surface area contributed by atoms with Gasteiger partial charge in [-0.25, -0.2) is 4.79 Å². The highest BCUT2D eigenvalue weighted by Gasteiger charge is 2.32. The number of rotatable bonds is 7. The van der Waals surface area contributed by atoms with Crippen LogP contribution in [0, 0.1) is 5.92 Å². The summed E-state index contributed by atoms with van der Waals surface area (Å²) in [5.74, 6) is 0.340. The first-order chi connectivity index (χ1) is 20.8. The highest BCUT2D eigenvalue weighted by atomic mass is 19.4. The number of ether oxygens (including phenoxy) is 2. The topological polar surface area (TPSA) is 118 Å². The molecule has 5 rings (SSSR count). The molecule has 1 unspecified atom stereocenters. The van der Waals surface area contributed by atoms with E-state index in [1.54, 1.807) is 51.5 Å². The average molecular weight is 608 g/mol. The second-order valence-electron chi connectivity index (χ2n) is 11.6. The first-order valence-electron chi connectivity index (χ1n) is 14.1. The van der Waals surface area contributed by atoms with Crippen LogP contribution in [0.25, 0.3) is 11.3 Å². The summed E-state index contributed by atoms with van der Waals surface area (Å²) in [6.07, 6.45) is 1.23. The molecule has 0 radical (unpaired) electrons. The molecule has 44 heavy (non-hydrogen) atoms. The van der Waals surface area contributed by atoms with Gasteiger partial charge >= 0.3 is 12.3 Å². The van der Waals surface area contributed by atoms with Gasteiger partial charge in [0.25, 0.3) is 0 Å². The summed E-state index contributed by atoms with van der Waals surface area (Å²) >= 11 is 0. The zero-order chi connectivity index (χ0) is 31.5. The number of hydrogen-bond acceptors (Lipinski definition) is 6. The van der Waals surface area contributed by atoms with E-state index in [4.69, 9.17) is 9.47 Å². The largest absolute Gasteiger partial charge is 0.457 e. The summed E-state index contributed by atoms with van der Waals surface area (Å²) in [6, 6.07) is 12.5. The van der Waals surface area contributed by atoms with E-state index >= 15 is 0 Å². The van der Waals surface area contributed by atoms with E-state index in [2.05, 4.69) is 25.8 Å². The minimum Gasteiger partial charge on any atom is -0.457 e. The normalized spacial score (nSPS) is 14.8. The summed E-state index contributed by atoms with van der Waals surface area (Å²) in [5.41, 5.74) is 2.02. The molecule has 0 aliphatic heterocycles. The van der Waals surface area contributed by atoms with Gasteiger partial charge in [-0.2, -0.15) is 18.3 Å². The summed E-state index contributed by atoms with van der Waals surface area (Å²) < 4.78 is 52.3. The number of aromatic nitrogens is 3. The molecule has 4 aromatic rings. The van der Waals surface area contributed by atoms with Crippen molar-refractivity contribution in [3.05, 3.63) is 89.4 Å². The molecule has 2 aromatic heterocycles. The number of hydrogen-bond donors (Lipinski definition) is 3. The third kappa shape index (κ3) is 7.94. The Morgan fingerprint density at radius 1 is 1.02 bits per heavy atom. The molecule has 0 bridgehead atoms. The second kappa shape index (κ2) is 12.4. The van der Waals surface area contributed by atoms with Gasteiger partial charge in [0, 0.05) is 42.2 Å². The number of anilines is 1. The van der Waals surface area contributed by atoms with Gasteiger partial charge in [-0.3, -0.25) is 14.9 Å². The molecule has 1 atom stereocenters. The molecule has 1 aliphatic carbocycles. The molecule has 0 saturated carbocycles. The van der Waals surface area contributed by atoms with Crippen LogP contribution < -0.4 is 15.4 Å². The fourth-order valence-electron chi connectivity index (χ4n) is 4.94. The highest BCUT2D eigenvalue weighted by molar-refractivity contribution is 5.93. The standard InChI is InChI=1S/C32H32F3N5O4/c1-31(2,3)44-30(42)37-16-19-10-24(32(33,34)35)14-25(11-19)40-29(41)21-5-4-20-6-7-26(13-22(20)12-21)43-27-8-9-36-28(15-27)23-17-38-39-18-23/h6-11,13-15,17-18,21H,4-5,12,16H2,1-3H3,(H,37,42)(H,38,39)(H,40,41). The van der Waals surface area contributed by atoms with Gasteiger partial charge in [0.15, 0.2) is 0 Å². The Morgan fingerprint density at radius 2 is 1.82 bits per heavy atom. The molecule has 230 valence electrons. The number of amides is 2. The number of aryl methyl sites for hydroxylation is 1. The predicted octanol–water partition coefficient (Wildman–Crippen LogP) is 7.05. The average Bonchev–Trinajstić information content (AvgIpc) is 3.50. The molecule has 0 saturated heterocycles. The molecule has 2 heterocycles. The smallest absolute Gasteiger partial charge is 0.416 e. The first-order valence-corrected chi connectivity index (χ1v) is 14.1. The zero-order valence-corrected chi connectivity index (χ0v) is 24.4. The molecule has 0 fully saturated rings.